The summed E-state index contributed by atoms with van der Waals surface area (Å²) in [6.07, 6.45) is 2.48. The molecule has 1 aliphatic heterocycles. The SMILES string of the molecule is Cc1noc(NCC2CCCN2)n1. The monoisotopic (exact) mass is 182 g/mol. The average Bonchev–Trinajstić information content (AvgIpc) is 2.71. The minimum absolute atomic E-state index is 0.520. The van der Waals surface area contributed by atoms with E-state index in [1.54, 1.807) is 0 Å². The molecule has 1 saturated heterocycles. The van der Waals surface area contributed by atoms with Crippen LogP contribution in [0.25, 0.3) is 0 Å². The third-order valence-corrected chi connectivity index (χ3v) is 2.19. The van der Waals surface area contributed by atoms with Crippen LogP contribution in [0.2, 0.25) is 0 Å². The summed E-state index contributed by atoms with van der Waals surface area (Å²) >= 11 is 0. The maximum Gasteiger partial charge on any atom is 0.321 e. The minimum atomic E-state index is 0.520. The summed E-state index contributed by atoms with van der Waals surface area (Å²) in [5, 5.41) is 10.2. The molecule has 5 heteroatoms. The van der Waals surface area contributed by atoms with Crippen LogP contribution in [-0.2, 0) is 0 Å². The maximum absolute atomic E-state index is 4.92. The molecule has 5 nitrogen and oxygen atoms in total. The van der Waals surface area contributed by atoms with Gasteiger partial charge >= 0.3 is 6.01 Å². The normalized spacial score (nSPS) is 22.1. The standard InChI is InChI=1S/C8H14N4O/c1-6-11-8(13-12-6)10-5-7-3-2-4-9-7/h7,9H,2-5H2,1H3,(H,10,11,12). The highest BCUT2D eigenvalue weighted by molar-refractivity contribution is 5.18. The topological polar surface area (TPSA) is 63.0 Å². The summed E-state index contributed by atoms with van der Waals surface area (Å²) in [5.74, 6) is 0.668. The molecular weight excluding hydrogens is 168 g/mol. The van der Waals surface area contributed by atoms with E-state index in [0.29, 0.717) is 17.9 Å². The fourth-order valence-electron chi connectivity index (χ4n) is 1.51. The highest BCUT2D eigenvalue weighted by Gasteiger charge is 2.14. The molecule has 1 unspecified atom stereocenters. The molecule has 13 heavy (non-hydrogen) atoms. The molecule has 0 saturated carbocycles. The van der Waals surface area contributed by atoms with Crippen molar-refractivity contribution in [1.29, 1.82) is 0 Å². The molecule has 0 aliphatic carbocycles. The summed E-state index contributed by atoms with van der Waals surface area (Å²) in [5.41, 5.74) is 0. The Morgan fingerprint density at radius 1 is 1.69 bits per heavy atom. The Bertz CT molecular complexity index is 267. The zero-order chi connectivity index (χ0) is 9.10. The predicted molar refractivity (Wildman–Crippen MR) is 48.5 cm³/mol. The van der Waals surface area contributed by atoms with Gasteiger partial charge in [0.25, 0.3) is 0 Å². The first kappa shape index (κ1) is 8.50. The van der Waals surface area contributed by atoms with Gasteiger partial charge in [-0.05, 0) is 26.3 Å². The van der Waals surface area contributed by atoms with Gasteiger partial charge in [-0.2, -0.15) is 4.98 Å². The number of aromatic nitrogens is 2. The Labute approximate surface area is 76.9 Å². The molecule has 0 amide bonds. The van der Waals surface area contributed by atoms with E-state index in [9.17, 15) is 0 Å². The molecule has 0 aromatic carbocycles. The van der Waals surface area contributed by atoms with Crippen molar-refractivity contribution in [2.75, 3.05) is 18.4 Å². The molecule has 1 aliphatic rings. The van der Waals surface area contributed by atoms with Crippen LogP contribution in [0.5, 0.6) is 0 Å². The molecule has 2 rings (SSSR count). The van der Waals surface area contributed by atoms with Gasteiger partial charge in [-0.3, -0.25) is 0 Å². The molecular formula is C8H14N4O. The summed E-state index contributed by atoms with van der Waals surface area (Å²) in [7, 11) is 0. The third kappa shape index (κ3) is 2.18. The van der Waals surface area contributed by atoms with Crippen LogP contribution in [0.1, 0.15) is 18.7 Å². The molecule has 2 N–H and O–H groups in total. The number of rotatable bonds is 3. The van der Waals surface area contributed by atoms with E-state index in [4.69, 9.17) is 4.52 Å². The van der Waals surface area contributed by atoms with E-state index in [1.165, 1.54) is 12.8 Å². The van der Waals surface area contributed by atoms with Gasteiger partial charge in [-0.15, -0.1) is 0 Å². The molecule has 0 spiro atoms. The second-order valence-corrected chi connectivity index (χ2v) is 3.32. The van der Waals surface area contributed by atoms with Crippen LogP contribution in [0.4, 0.5) is 6.01 Å². The Balaban J connectivity index is 1.78. The lowest BCUT2D eigenvalue weighted by molar-refractivity contribution is 0.423. The first-order valence-corrected chi connectivity index (χ1v) is 4.62. The van der Waals surface area contributed by atoms with Crippen molar-refractivity contribution in [1.82, 2.24) is 15.5 Å². The van der Waals surface area contributed by atoms with Gasteiger partial charge < -0.3 is 15.2 Å². The Morgan fingerprint density at radius 2 is 2.62 bits per heavy atom. The Hall–Kier alpha value is -1.10. The van der Waals surface area contributed by atoms with E-state index in [-0.39, 0.29) is 0 Å². The number of nitrogens with one attached hydrogen (secondary N) is 2. The zero-order valence-corrected chi connectivity index (χ0v) is 7.71. The minimum Gasteiger partial charge on any atom is -0.336 e. The second kappa shape index (κ2) is 3.74. The summed E-state index contributed by atoms with van der Waals surface area (Å²) < 4.78 is 4.92. The highest BCUT2D eigenvalue weighted by Crippen LogP contribution is 2.07. The highest BCUT2D eigenvalue weighted by atomic mass is 16.5. The van der Waals surface area contributed by atoms with Crippen LogP contribution in [0, 0.1) is 6.92 Å². The van der Waals surface area contributed by atoms with Crippen molar-refractivity contribution < 1.29 is 4.52 Å². The quantitative estimate of drug-likeness (QED) is 0.714. The van der Waals surface area contributed by atoms with Gasteiger partial charge in [0.2, 0.25) is 0 Å². The third-order valence-electron chi connectivity index (χ3n) is 2.19. The molecule has 72 valence electrons. The molecule has 1 fully saturated rings. The summed E-state index contributed by atoms with van der Waals surface area (Å²) in [6, 6.07) is 1.07. The first-order chi connectivity index (χ1) is 6.34. The Morgan fingerprint density at radius 3 is 3.23 bits per heavy atom. The van der Waals surface area contributed by atoms with Gasteiger partial charge in [-0.1, -0.05) is 5.16 Å². The molecule has 0 bridgehead atoms. The van der Waals surface area contributed by atoms with Gasteiger partial charge in [0.05, 0.1) is 0 Å². The van der Waals surface area contributed by atoms with E-state index in [1.807, 2.05) is 6.92 Å². The van der Waals surface area contributed by atoms with Crippen molar-refractivity contribution in [2.45, 2.75) is 25.8 Å². The van der Waals surface area contributed by atoms with Crippen LogP contribution in [0.3, 0.4) is 0 Å². The summed E-state index contributed by atoms with van der Waals surface area (Å²) in [4.78, 5) is 4.05. The van der Waals surface area contributed by atoms with Gasteiger partial charge in [-0.25, -0.2) is 0 Å². The van der Waals surface area contributed by atoms with Gasteiger partial charge in [0.1, 0.15) is 0 Å². The van der Waals surface area contributed by atoms with E-state index in [0.717, 1.165) is 13.1 Å². The van der Waals surface area contributed by atoms with Crippen LogP contribution in [0.15, 0.2) is 4.52 Å². The number of anilines is 1. The molecule has 1 aromatic heterocycles. The lowest BCUT2D eigenvalue weighted by Gasteiger charge is -2.08. The number of hydrogen-bond donors (Lipinski definition) is 2. The van der Waals surface area contributed by atoms with Crippen molar-refractivity contribution in [3.8, 4) is 0 Å². The fraction of sp³-hybridized carbons (Fsp3) is 0.750. The molecule has 1 atom stereocenters. The second-order valence-electron chi connectivity index (χ2n) is 3.32. The van der Waals surface area contributed by atoms with Crippen molar-refractivity contribution >= 4 is 6.01 Å². The smallest absolute Gasteiger partial charge is 0.321 e. The van der Waals surface area contributed by atoms with Crippen LogP contribution < -0.4 is 10.6 Å². The van der Waals surface area contributed by atoms with Crippen molar-refractivity contribution in [2.24, 2.45) is 0 Å². The van der Waals surface area contributed by atoms with Gasteiger partial charge in [0.15, 0.2) is 5.82 Å². The van der Waals surface area contributed by atoms with E-state index >= 15 is 0 Å². The lowest BCUT2D eigenvalue weighted by Crippen LogP contribution is -2.29. The molecule has 0 radical (unpaired) electrons. The number of nitrogens with zero attached hydrogens (tertiary/aromatic N) is 2. The Kier molecular flexibility index (Phi) is 2.44. The number of hydrogen-bond acceptors (Lipinski definition) is 5. The van der Waals surface area contributed by atoms with E-state index in [2.05, 4.69) is 20.8 Å². The molecule has 1 aromatic rings. The van der Waals surface area contributed by atoms with Crippen molar-refractivity contribution in [3.05, 3.63) is 5.82 Å². The fourth-order valence-corrected chi connectivity index (χ4v) is 1.51. The average molecular weight is 182 g/mol. The van der Waals surface area contributed by atoms with Crippen LogP contribution in [-0.4, -0.2) is 29.3 Å². The predicted octanol–water partition coefficient (Wildman–Crippen LogP) is 0.542. The lowest BCUT2D eigenvalue weighted by atomic mass is 10.2. The maximum atomic E-state index is 4.92. The zero-order valence-electron chi connectivity index (χ0n) is 7.71. The van der Waals surface area contributed by atoms with Crippen LogP contribution >= 0.6 is 0 Å². The van der Waals surface area contributed by atoms with Crippen molar-refractivity contribution in [3.63, 3.8) is 0 Å². The summed E-state index contributed by atoms with van der Waals surface area (Å²) in [6.45, 7) is 3.79. The number of aryl methyl sites for hydroxylation is 1. The van der Waals surface area contributed by atoms with Gasteiger partial charge in [0, 0.05) is 12.6 Å². The first-order valence-electron chi connectivity index (χ1n) is 4.62. The van der Waals surface area contributed by atoms with E-state index < -0.39 is 0 Å². The largest absolute Gasteiger partial charge is 0.336 e. The molecule has 2 heterocycles.